The zero-order chi connectivity index (χ0) is 13.1. The fourth-order valence-electron chi connectivity index (χ4n) is 1.96. The fourth-order valence-corrected chi connectivity index (χ4v) is 1.96. The van der Waals surface area contributed by atoms with Gasteiger partial charge in [-0.15, -0.1) is 0 Å². The van der Waals surface area contributed by atoms with Crippen molar-refractivity contribution in [2.75, 3.05) is 18.4 Å². The summed E-state index contributed by atoms with van der Waals surface area (Å²) in [5, 5.41) is 6.02. The van der Waals surface area contributed by atoms with Crippen LogP contribution in [0.25, 0.3) is 11.0 Å². The zero-order valence-corrected chi connectivity index (χ0v) is 10.6. The number of hydrogen-bond acceptors (Lipinski definition) is 4. The molecule has 1 amide bonds. The molecule has 3 rings (SSSR count). The lowest BCUT2D eigenvalue weighted by atomic mass is 10.2. The van der Waals surface area contributed by atoms with Gasteiger partial charge in [0.25, 0.3) is 0 Å². The number of carbonyl (C=O) groups is 1. The number of anilines is 1. The van der Waals surface area contributed by atoms with Crippen molar-refractivity contribution >= 4 is 22.6 Å². The van der Waals surface area contributed by atoms with E-state index in [1.165, 1.54) is 12.8 Å². The van der Waals surface area contributed by atoms with E-state index in [1.54, 1.807) is 12.4 Å². The highest BCUT2D eigenvalue weighted by Crippen LogP contribution is 2.27. The van der Waals surface area contributed by atoms with Gasteiger partial charge in [0, 0.05) is 18.1 Å². The summed E-state index contributed by atoms with van der Waals surface area (Å²) in [4.78, 5) is 20.1. The van der Waals surface area contributed by atoms with Crippen LogP contribution in [0.1, 0.15) is 12.8 Å². The van der Waals surface area contributed by atoms with Crippen LogP contribution in [0.3, 0.4) is 0 Å². The SMILES string of the molecule is O=C(CNCC1CC1)Nc1ccc2nccnc2c1. The molecule has 98 valence electrons. The Labute approximate surface area is 111 Å². The maximum Gasteiger partial charge on any atom is 0.238 e. The monoisotopic (exact) mass is 256 g/mol. The molecule has 1 aromatic carbocycles. The van der Waals surface area contributed by atoms with Crippen molar-refractivity contribution in [3.8, 4) is 0 Å². The summed E-state index contributed by atoms with van der Waals surface area (Å²) >= 11 is 0. The molecule has 1 aliphatic rings. The average molecular weight is 256 g/mol. The lowest BCUT2D eigenvalue weighted by Gasteiger charge is -2.06. The third-order valence-electron chi connectivity index (χ3n) is 3.17. The predicted octanol–water partition coefficient (Wildman–Crippen LogP) is 1.57. The van der Waals surface area contributed by atoms with Gasteiger partial charge in [0.1, 0.15) is 0 Å². The smallest absolute Gasteiger partial charge is 0.238 e. The third kappa shape index (κ3) is 3.26. The molecule has 0 spiro atoms. The minimum Gasteiger partial charge on any atom is -0.325 e. The van der Waals surface area contributed by atoms with Crippen molar-refractivity contribution in [3.05, 3.63) is 30.6 Å². The molecule has 0 atom stereocenters. The highest BCUT2D eigenvalue weighted by atomic mass is 16.1. The second-order valence-corrected chi connectivity index (χ2v) is 4.88. The first-order valence-electron chi connectivity index (χ1n) is 6.52. The number of carbonyl (C=O) groups excluding carboxylic acids is 1. The van der Waals surface area contributed by atoms with Gasteiger partial charge in [-0.2, -0.15) is 0 Å². The first kappa shape index (κ1) is 12.0. The number of amides is 1. The lowest BCUT2D eigenvalue weighted by molar-refractivity contribution is -0.115. The molecule has 5 heteroatoms. The minimum atomic E-state index is -0.0242. The molecule has 0 radical (unpaired) electrons. The number of fused-ring (bicyclic) bond motifs is 1. The van der Waals surface area contributed by atoms with Crippen LogP contribution in [0.4, 0.5) is 5.69 Å². The lowest BCUT2D eigenvalue weighted by Crippen LogP contribution is -2.29. The highest BCUT2D eigenvalue weighted by molar-refractivity contribution is 5.94. The van der Waals surface area contributed by atoms with Crippen LogP contribution in [-0.4, -0.2) is 29.0 Å². The Kier molecular flexibility index (Phi) is 3.37. The number of nitrogens with one attached hydrogen (secondary N) is 2. The first-order chi connectivity index (χ1) is 9.31. The molecule has 2 N–H and O–H groups in total. The number of rotatable bonds is 5. The minimum absolute atomic E-state index is 0.0242. The summed E-state index contributed by atoms with van der Waals surface area (Å²) in [6.07, 6.45) is 5.88. The highest BCUT2D eigenvalue weighted by Gasteiger charge is 2.20. The molecule has 5 nitrogen and oxygen atoms in total. The maximum absolute atomic E-state index is 11.7. The van der Waals surface area contributed by atoms with E-state index in [0.29, 0.717) is 6.54 Å². The summed E-state index contributed by atoms with van der Waals surface area (Å²) in [5.74, 6) is 0.757. The number of hydrogen-bond donors (Lipinski definition) is 2. The molecular formula is C14H16N4O. The molecular weight excluding hydrogens is 240 g/mol. The van der Waals surface area contributed by atoms with Crippen LogP contribution in [0.15, 0.2) is 30.6 Å². The van der Waals surface area contributed by atoms with Crippen LogP contribution in [0.2, 0.25) is 0 Å². The topological polar surface area (TPSA) is 66.9 Å². The molecule has 1 heterocycles. The standard InChI is InChI=1S/C14H16N4O/c19-14(9-15-8-10-1-2-10)18-11-3-4-12-13(7-11)17-6-5-16-12/h3-7,10,15H,1-2,8-9H2,(H,18,19). The van der Waals surface area contributed by atoms with Crippen molar-refractivity contribution in [1.82, 2.24) is 15.3 Å². The van der Waals surface area contributed by atoms with Gasteiger partial charge < -0.3 is 10.6 Å². The van der Waals surface area contributed by atoms with Gasteiger partial charge in [-0.3, -0.25) is 14.8 Å². The number of nitrogens with zero attached hydrogens (tertiary/aromatic N) is 2. The van der Waals surface area contributed by atoms with Gasteiger partial charge >= 0.3 is 0 Å². The molecule has 1 saturated carbocycles. The molecule has 0 saturated heterocycles. The predicted molar refractivity (Wildman–Crippen MR) is 73.8 cm³/mol. The Morgan fingerprint density at radius 1 is 1.21 bits per heavy atom. The normalized spacial score (nSPS) is 14.5. The van der Waals surface area contributed by atoms with Crippen LogP contribution in [-0.2, 0) is 4.79 Å². The fraction of sp³-hybridized carbons (Fsp3) is 0.357. The Morgan fingerprint density at radius 3 is 2.79 bits per heavy atom. The van der Waals surface area contributed by atoms with Gasteiger partial charge in [0.05, 0.1) is 17.6 Å². The van der Waals surface area contributed by atoms with Crippen molar-refractivity contribution in [2.24, 2.45) is 5.92 Å². The van der Waals surface area contributed by atoms with Crippen molar-refractivity contribution in [2.45, 2.75) is 12.8 Å². The number of aromatic nitrogens is 2. The second-order valence-electron chi connectivity index (χ2n) is 4.88. The van der Waals surface area contributed by atoms with E-state index in [2.05, 4.69) is 20.6 Å². The van der Waals surface area contributed by atoms with E-state index in [9.17, 15) is 4.79 Å². The van der Waals surface area contributed by atoms with E-state index in [-0.39, 0.29) is 5.91 Å². The first-order valence-corrected chi connectivity index (χ1v) is 6.52. The van der Waals surface area contributed by atoms with Crippen molar-refractivity contribution < 1.29 is 4.79 Å². The molecule has 2 aromatic rings. The molecule has 1 aliphatic carbocycles. The van der Waals surface area contributed by atoms with E-state index in [4.69, 9.17) is 0 Å². The molecule has 19 heavy (non-hydrogen) atoms. The van der Waals surface area contributed by atoms with Gasteiger partial charge in [-0.05, 0) is 43.5 Å². The van der Waals surface area contributed by atoms with Gasteiger partial charge in [0.2, 0.25) is 5.91 Å². The second kappa shape index (κ2) is 5.32. The van der Waals surface area contributed by atoms with Gasteiger partial charge in [-0.25, -0.2) is 0 Å². The van der Waals surface area contributed by atoms with Crippen LogP contribution in [0.5, 0.6) is 0 Å². The Hall–Kier alpha value is -2.01. The Bertz CT molecular complexity index is 595. The van der Waals surface area contributed by atoms with E-state index >= 15 is 0 Å². The van der Waals surface area contributed by atoms with E-state index in [1.807, 2.05) is 18.2 Å². The quantitative estimate of drug-likeness (QED) is 0.852. The average Bonchev–Trinajstić information content (AvgIpc) is 3.23. The summed E-state index contributed by atoms with van der Waals surface area (Å²) in [6, 6.07) is 5.53. The molecule has 1 fully saturated rings. The molecule has 0 unspecified atom stereocenters. The largest absolute Gasteiger partial charge is 0.325 e. The van der Waals surface area contributed by atoms with Gasteiger partial charge in [0.15, 0.2) is 0 Å². The molecule has 1 aromatic heterocycles. The van der Waals surface area contributed by atoms with Crippen LogP contribution < -0.4 is 10.6 Å². The summed E-state index contributed by atoms with van der Waals surface area (Å²) in [5.41, 5.74) is 2.37. The molecule has 0 bridgehead atoms. The Balaban J connectivity index is 1.58. The molecule has 0 aliphatic heterocycles. The number of benzene rings is 1. The van der Waals surface area contributed by atoms with Crippen LogP contribution >= 0.6 is 0 Å². The zero-order valence-electron chi connectivity index (χ0n) is 10.6. The van der Waals surface area contributed by atoms with Crippen molar-refractivity contribution in [3.63, 3.8) is 0 Å². The third-order valence-corrected chi connectivity index (χ3v) is 3.17. The van der Waals surface area contributed by atoms with Crippen LogP contribution in [0, 0.1) is 5.92 Å². The summed E-state index contributed by atoms with van der Waals surface area (Å²) in [7, 11) is 0. The maximum atomic E-state index is 11.7. The Morgan fingerprint density at radius 2 is 2.00 bits per heavy atom. The van der Waals surface area contributed by atoms with Gasteiger partial charge in [-0.1, -0.05) is 0 Å². The van der Waals surface area contributed by atoms with Crippen molar-refractivity contribution in [1.29, 1.82) is 0 Å². The van der Waals surface area contributed by atoms with E-state index in [0.717, 1.165) is 29.2 Å². The summed E-state index contributed by atoms with van der Waals surface area (Å²) in [6.45, 7) is 1.30. The van der Waals surface area contributed by atoms with E-state index < -0.39 is 0 Å². The summed E-state index contributed by atoms with van der Waals surface area (Å²) < 4.78 is 0.